The minimum absolute atomic E-state index is 0.145. The van der Waals surface area contributed by atoms with Crippen LogP contribution < -0.4 is 5.32 Å². The summed E-state index contributed by atoms with van der Waals surface area (Å²) in [4.78, 5) is 28.5. The zero-order valence-corrected chi connectivity index (χ0v) is 19.4. The van der Waals surface area contributed by atoms with Crippen LogP contribution in [0.2, 0.25) is 5.02 Å². The lowest BCUT2D eigenvalue weighted by Gasteiger charge is -2.12. The normalized spacial score (nSPS) is 10.9. The predicted molar refractivity (Wildman–Crippen MR) is 135 cm³/mol. The molecule has 0 spiro atoms. The highest BCUT2D eigenvalue weighted by molar-refractivity contribution is 6.30. The fraction of sp³-hybridized carbons (Fsp3) is 0.179. The van der Waals surface area contributed by atoms with Crippen molar-refractivity contribution in [2.24, 2.45) is 0 Å². The molecular formula is C28H25ClN2O3. The summed E-state index contributed by atoms with van der Waals surface area (Å²) in [7, 11) is 0. The van der Waals surface area contributed by atoms with Gasteiger partial charge in [-0.25, -0.2) is 0 Å². The Morgan fingerprint density at radius 1 is 0.912 bits per heavy atom. The highest BCUT2D eigenvalue weighted by Crippen LogP contribution is 2.28. The van der Waals surface area contributed by atoms with Crippen molar-refractivity contribution in [2.75, 3.05) is 0 Å². The number of nitrogens with zero attached hydrogens (tertiary/aromatic N) is 1. The molecule has 1 amide bonds. The molecule has 0 saturated heterocycles. The first-order valence-electron chi connectivity index (χ1n) is 11.2. The molecule has 1 heterocycles. The SMILES string of the molecule is O=C(O)CCCCc1nc2cc(C(=O)NCc3ccc(Cl)cc3)ccc2cc1-c1ccccc1. The summed E-state index contributed by atoms with van der Waals surface area (Å²) >= 11 is 5.92. The van der Waals surface area contributed by atoms with Gasteiger partial charge in [-0.15, -0.1) is 0 Å². The van der Waals surface area contributed by atoms with Gasteiger partial charge in [0.05, 0.1) is 5.52 Å². The Bertz CT molecular complexity index is 1300. The first kappa shape index (κ1) is 23.5. The molecule has 0 fully saturated rings. The maximum absolute atomic E-state index is 12.8. The number of amides is 1. The summed E-state index contributed by atoms with van der Waals surface area (Å²) in [6, 6.07) is 25.0. The van der Waals surface area contributed by atoms with Crippen molar-refractivity contribution in [3.8, 4) is 11.1 Å². The number of fused-ring (bicyclic) bond motifs is 1. The van der Waals surface area contributed by atoms with E-state index in [0.29, 0.717) is 30.0 Å². The van der Waals surface area contributed by atoms with Gasteiger partial charge in [-0.3, -0.25) is 14.6 Å². The highest BCUT2D eigenvalue weighted by Gasteiger charge is 2.12. The molecule has 5 nitrogen and oxygen atoms in total. The van der Waals surface area contributed by atoms with Crippen molar-refractivity contribution in [1.29, 1.82) is 0 Å². The van der Waals surface area contributed by atoms with Crippen molar-refractivity contribution >= 4 is 34.4 Å². The molecule has 0 unspecified atom stereocenters. The molecule has 1 aromatic heterocycles. The Morgan fingerprint density at radius 3 is 2.41 bits per heavy atom. The van der Waals surface area contributed by atoms with E-state index in [0.717, 1.165) is 39.7 Å². The van der Waals surface area contributed by atoms with Crippen LogP contribution in [0, 0.1) is 0 Å². The summed E-state index contributed by atoms with van der Waals surface area (Å²) < 4.78 is 0. The molecule has 0 bridgehead atoms. The maximum Gasteiger partial charge on any atom is 0.303 e. The number of pyridine rings is 1. The van der Waals surface area contributed by atoms with Gasteiger partial charge in [-0.2, -0.15) is 0 Å². The van der Waals surface area contributed by atoms with E-state index in [1.54, 1.807) is 12.1 Å². The van der Waals surface area contributed by atoms with Gasteiger partial charge in [-0.05, 0) is 60.7 Å². The minimum Gasteiger partial charge on any atom is -0.481 e. The van der Waals surface area contributed by atoms with E-state index in [-0.39, 0.29) is 12.3 Å². The van der Waals surface area contributed by atoms with Crippen molar-refractivity contribution in [1.82, 2.24) is 10.3 Å². The Balaban J connectivity index is 1.58. The van der Waals surface area contributed by atoms with Crippen LogP contribution in [0.25, 0.3) is 22.0 Å². The van der Waals surface area contributed by atoms with Crippen molar-refractivity contribution in [2.45, 2.75) is 32.2 Å². The van der Waals surface area contributed by atoms with E-state index in [9.17, 15) is 9.59 Å². The van der Waals surface area contributed by atoms with Crippen LogP contribution in [0.3, 0.4) is 0 Å². The van der Waals surface area contributed by atoms with Crippen LogP contribution in [0.1, 0.15) is 40.9 Å². The summed E-state index contributed by atoms with van der Waals surface area (Å²) in [5.41, 5.74) is 5.25. The Hall–Kier alpha value is -3.70. The second-order valence-corrected chi connectivity index (χ2v) is 8.60. The van der Waals surface area contributed by atoms with E-state index in [1.807, 2.05) is 60.7 Å². The number of nitrogens with one attached hydrogen (secondary N) is 1. The Labute approximate surface area is 203 Å². The van der Waals surface area contributed by atoms with Crippen LogP contribution >= 0.6 is 11.6 Å². The van der Waals surface area contributed by atoms with E-state index < -0.39 is 5.97 Å². The van der Waals surface area contributed by atoms with E-state index in [4.69, 9.17) is 21.7 Å². The molecule has 4 rings (SSSR count). The lowest BCUT2D eigenvalue weighted by Crippen LogP contribution is -2.22. The fourth-order valence-corrected chi connectivity index (χ4v) is 3.99. The lowest BCUT2D eigenvalue weighted by atomic mass is 9.98. The number of carboxylic acids is 1. The average molecular weight is 473 g/mol. The molecule has 2 N–H and O–H groups in total. The number of aliphatic carboxylic acids is 1. The van der Waals surface area contributed by atoms with Gasteiger partial charge in [0.2, 0.25) is 0 Å². The number of hydrogen-bond donors (Lipinski definition) is 2. The number of carbonyl (C=O) groups excluding carboxylic acids is 1. The van der Waals surface area contributed by atoms with Gasteiger partial charge in [-0.1, -0.05) is 60.1 Å². The molecule has 0 radical (unpaired) electrons. The van der Waals surface area contributed by atoms with Crippen molar-refractivity contribution < 1.29 is 14.7 Å². The lowest BCUT2D eigenvalue weighted by molar-refractivity contribution is -0.137. The molecule has 0 aliphatic rings. The second kappa shape index (κ2) is 10.9. The number of rotatable bonds is 9. The quantitative estimate of drug-likeness (QED) is 0.281. The average Bonchev–Trinajstić information content (AvgIpc) is 2.85. The number of hydrogen-bond acceptors (Lipinski definition) is 3. The topological polar surface area (TPSA) is 79.3 Å². The Morgan fingerprint density at radius 2 is 1.68 bits per heavy atom. The highest BCUT2D eigenvalue weighted by atomic mass is 35.5. The van der Waals surface area contributed by atoms with E-state index in [1.165, 1.54) is 0 Å². The molecule has 3 aromatic carbocycles. The predicted octanol–water partition coefficient (Wildman–Crippen LogP) is 6.28. The van der Waals surface area contributed by atoms with Gasteiger partial charge in [0.15, 0.2) is 0 Å². The number of aryl methyl sites for hydroxylation is 1. The summed E-state index contributed by atoms with van der Waals surface area (Å²) in [5, 5.41) is 13.5. The first-order valence-corrected chi connectivity index (χ1v) is 11.6. The molecule has 6 heteroatoms. The standard InChI is InChI=1S/C28H25ClN2O3/c29-23-14-10-19(11-15-23)18-30-28(34)22-13-12-21-16-24(20-6-2-1-3-7-20)25(31-26(21)17-22)8-4-5-9-27(32)33/h1-3,6-7,10-17H,4-5,8-9,18H2,(H,30,34)(H,32,33). The van der Waals surface area contributed by atoms with Crippen LogP contribution in [0.15, 0.2) is 78.9 Å². The smallest absolute Gasteiger partial charge is 0.303 e. The number of benzene rings is 3. The molecule has 4 aromatic rings. The van der Waals surface area contributed by atoms with Crippen LogP contribution in [-0.4, -0.2) is 22.0 Å². The number of carbonyl (C=O) groups is 2. The number of aromatic nitrogens is 1. The molecule has 0 aliphatic carbocycles. The summed E-state index contributed by atoms with van der Waals surface area (Å²) in [6.07, 6.45) is 2.13. The molecule has 0 saturated carbocycles. The van der Waals surface area contributed by atoms with Crippen LogP contribution in [0.5, 0.6) is 0 Å². The fourth-order valence-electron chi connectivity index (χ4n) is 3.86. The van der Waals surface area contributed by atoms with Gasteiger partial charge < -0.3 is 10.4 Å². The third kappa shape index (κ3) is 6.00. The molecule has 0 aliphatic heterocycles. The summed E-state index contributed by atoms with van der Waals surface area (Å²) in [6.45, 7) is 0.406. The molecular weight excluding hydrogens is 448 g/mol. The minimum atomic E-state index is -0.788. The van der Waals surface area contributed by atoms with E-state index in [2.05, 4.69) is 11.4 Å². The zero-order chi connectivity index (χ0) is 23.9. The Kier molecular flexibility index (Phi) is 7.55. The van der Waals surface area contributed by atoms with Crippen LogP contribution in [-0.2, 0) is 17.8 Å². The molecule has 172 valence electrons. The number of unbranched alkanes of at least 4 members (excludes halogenated alkanes) is 1. The number of halogens is 1. The second-order valence-electron chi connectivity index (χ2n) is 8.17. The summed E-state index contributed by atoms with van der Waals surface area (Å²) in [5.74, 6) is -0.960. The van der Waals surface area contributed by atoms with Gasteiger partial charge in [0.25, 0.3) is 5.91 Å². The van der Waals surface area contributed by atoms with E-state index >= 15 is 0 Å². The molecule has 34 heavy (non-hydrogen) atoms. The van der Waals surface area contributed by atoms with Gasteiger partial charge >= 0.3 is 5.97 Å². The maximum atomic E-state index is 12.8. The van der Waals surface area contributed by atoms with Gasteiger partial charge in [0, 0.05) is 40.2 Å². The first-order chi connectivity index (χ1) is 16.5. The van der Waals surface area contributed by atoms with Gasteiger partial charge in [0.1, 0.15) is 0 Å². The monoisotopic (exact) mass is 472 g/mol. The largest absolute Gasteiger partial charge is 0.481 e. The third-order valence-corrected chi connectivity index (χ3v) is 5.92. The van der Waals surface area contributed by atoms with Crippen LogP contribution in [0.4, 0.5) is 0 Å². The van der Waals surface area contributed by atoms with Crippen molar-refractivity contribution in [3.05, 3.63) is 101 Å². The number of carboxylic acid groups (broad SMARTS) is 1. The zero-order valence-electron chi connectivity index (χ0n) is 18.6. The third-order valence-electron chi connectivity index (χ3n) is 5.66. The van der Waals surface area contributed by atoms with Crippen molar-refractivity contribution in [3.63, 3.8) is 0 Å². The molecule has 0 atom stereocenters.